The first-order chi connectivity index (χ1) is 9.60. The van der Waals surface area contributed by atoms with Gasteiger partial charge in [-0.2, -0.15) is 4.57 Å². The molecule has 1 amide bonds. The van der Waals surface area contributed by atoms with E-state index in [1.54, 1.807) is 36.2 Å². The molecule has 2 rings (SSSR count). The summed E-state index contributed by atoms with van der Waals surface area (Å²) in [6.07, 6.45) is 3.60. The molecule has 0 aliphatic rings. The topological polar surface area (TPSA) is 62.4 Å². The Hall–Kier alpha value is -2.27. The standard InChI is InChI=1S/C15H16N2O3.ClH/c1-11-8-13(18)12(9-14(11)20-2)16-15(19)10-17-6-4-3-5-7-17;/h3-9H,10H2,1-2H3,(H-,16,18,19);1H. The first-order valence-corrected chi connectivity index (χ1v) is 6.21. The van der Waals surface area contributed by atoms with Crippen molar-refractivity contribution in [3.8, 4) is 11.5 Å². The predicted octanol–water partition coefficient (Wildman–Crippen LogP) is -1.36. The Morgan fingerprint density at radius 1 is 1.29 bits per heavy atom. The molecular weight excluding hydrogens is 292 g/mol. The van der Waals surface area contributed by atoms with Crippen LogP contribution < -0.4 is 27.0 Å². The van der Waals surface area contributed by atoms with E-state index in [4.69, 9.17) is 4.74 Å². The summed E-state index contributed by atoms with van der Waals surface area (Å²) in [5.74, 6) is 0.419. The lowest BCUT2D eigenvalue weighted by Gasteiger charge is -2.10. The molecule has 0 aliphatic heterocycles. The number of nitrogens with one attached hydrogen (secondary N) is 1. The van der Waals surface area contributed by atoms with Crippen LogP contribution in [0.1, 0.15) is 5.56 Å². The second-order valence-corrected chi connectivity index (χ2v) is 4.43. The maximum atomic E-state index is 11.9. The number of methoxy groups -OCH3 is 1. The maximum Gasteiger partial charge on any atom is 0.290 e. The zero-order valence-electron chi connectivity index (χ0n) is 11.8. The van der Waals surface area contributed by atoms with Crippen LogP contribution in [0.25, 0.3) is 0 Å². The minimum absolute atomic E-state index is 0. The van der Waals surface area contributed by atoms with Gasteiger partial charge in [0.1, 0.15) is 11.5 Å². The molecule has 0 aliphatic carbocycles. The fraction of sp³-hybridized carbons (Fsp3) is 0.200. The molecule has 0 fully saturated rings. The average Bonchev–Trinajstić information content (AvgIpc) is 2.43. The minimum atomic E-state index is -0.220. The first kappa shape index (κ1) is 16.8. The number of ether oxygens (including phenoxy) is 1. The third-order valence-electron chi connectivity index (χ3n) is 2.89. The van der Waals surface area contributed by atoms with Crippen molar-refractivity contribution in [3.63, 3.8) is 0 Å². The zero-order chi connectivity index (χ0) is 14.5. The molecule has 1 aromatic carbocycles. The number of aromatic nitrogens is 1. The van der Waals surface area contributed by atoms with Gasteiger partial charge in [-0.15, -0.1) is 0 Å². The number of carbonyl (C=O) groups is 1. The number of aromatic hydroxyl groups is 1. The third kappa shape index (κ3) is 4.36. The third-order valence-corrected chi connectivity index (χ3v) is 2.89. The number of phenols is 1. The molecule has 0 spiro atoms. The van der Waals surface area contributed by atoms with Gasteiger partial charge in [0, 0.05) is 18.2 Å². The summed E-state index contributed by atoms with van der Waals surface area (Å²) >= 11 is 0. The Morgan fingerprint density at radius 2 is 1.95 bits per heavy atom. The molecule has 0 saturated heterocycles. The van der Waals surface area contributed by atoms with Crippen molar-refractivity contribution in [1.29, 1.82) is 0 Å². The van der Waals surface area contributed by atoms with E-state index in [-0.39, 0.29) is 30.6 Å². The van der Waals surface area contributed by atoms with Crippen molar-refractivity contribution in [2.24, 2.45) is 0 Å². The van der Waals surface area contributed by atoms with Crippen LogP contribution >= 0.6 is 0 Å². The molecule has 21 heavy (non-hydrogen) atoms. The summed E-state index contributed by atoms with van der Waals surface area (Å²) in [5, 5.41) is 12.5. The average molecular weight is 309 g/mol. The molecule has 1 heterocycles. The normalized spacial score (nSPS) is 9.62. The monoisotopic (exact) mass is 308 g/mol. The highest BCUT2D eigenvalue weighted by Crippen LogP contribution is 2.31. The lowest BCUT2D eigenvalue weighted by atomic mass is 10.2. The van der Waals surface area contributed by atoms with E-state index in [1.165, 1.54) is 0 Å². The van der Waals surface area contributed by atoms with Crippen molar-refractivity contribution in [1.82, 2.24) is 0 Å². The zero-order valence-corrected chi connectivity index (χ0v) is 12.6. The predicted molar refractivity (Wildman–Crippen MR) is 74.7 cm³/mol. The molecule has 5 nitrogen and oxygen atoms in total. The van der Waals surface area contributed by atoms with Crippen molar-refractivity contribution < 1.29 is 31.6 Å². The number of nitrogens with zero attached hydrogens (tertiary/aromatic N) is 1. The van der Waals surface area contributed by atoms with E-state index in [0.717, 1.165) is 5.56 Å². The van der Waals surface area contributed by atoms with E-state index in [9.17, 15) is 9.90 Å². The second-order valence-electron chi connectivity index (χ2n) is 4.43. The van der Waals surface area contributed by atoms with Gasteiger partial charge in [0.2, 0.25) is 6.54 Å². The van der Waals surface area contributed by atoms with Crippen molar-refractivity contribution in [3.05, 3.63) is 48.3 Å². The SMILES string of the molecule is COc1cc(NC(=O)C[n+]2ccccc2)c(O)cc1C.[Cl-]. The summed E-state index contributed by atoms with van der Waals surface area (Å²) < 4.78 is 6.92. The van der Waals surface area contributed by atoms with Crippen LogP contribution in [-0.2, 0) is 11.3 Å². The molecule has 0 bridgehead atoms. The lowest BCUT2D eigenvalue weighted by Crippen LogP contribution is -3.00. The van der Waals surface area contributed by atoms with Gasteiger partial charge in [0.05, 0.1) is 12.8 Å². The van der Waals surface area contributed by atoms with Gasteiger partial charge in [-0.3, -0.25) is 4.79 Å². The molecule has 112 valence electrons. The number of phenolic OH excluding ortho intramolecular Hbond substituents is 1. The van der Waals surface area contributed by atoms with Crippen LogP contribution in [0.3, 0.4) is 0 Å². The van der Waals surface area contributed by atoms with Crippen LogP contribution in [-0.4, -0.2) is 18.1 Å². The van der Waals surface area contributed by atoms with E-state index in [2.05, 4.69) is 5.32 Å². The van der Waals surface area contributed by atoms with Crippen LogP contribution in [0.2, 0.25) is 0 Å². The number of benzene rings is 1. The quantitative estimate of drug-likeness (QED) is 0.542. The molecule has 2 N–H and O–H groups in total. The number of hydrogen-bond acceptors (Lipinski definition) is 3. The number of hydrogen-bond donors (Lipinski definition) is 2. The number of amides is 1. The van der Waals surface area contributed by atoms with Gasteiger partial charge >= 0.3 is 0 Å². The maximum absolute atomic E-state index is 11.9. The van der Waals surface area contributed by atoms with Crippen LogP contribution in [0.15, 0.2) is 42.7 Å². The van der Waals surface area contributed by atoms with Gasteiger partial charge in [-0.05, 0) is 18.6 Å². The molecule has 0 unspecified atom stereocenters. The number of anilines is 1. The summed E-state index contributed by atoms with van der Waals surface area (Å²) in [7, 11) is 1.55. The summed E-state index contributed by atoms with van der Waals surface area (Å²) in [6, 6.07) is 8.74. The lowest BCUT2D eigenvalue weighted by molar-refractivity contribution is -0.684. The number of rotatable bonds is 4. The van der Waals surface area contributed by atoms with Crippen LogP contribution in [0, 0.1) is 6.92 Å². The second kappa shape index (κ2) is 7.50. The van der Waals surface area contributed by atoms with Gasteiger partial charge < -0.3 is 27.6 Å². The highest BCUT2D eigenvalue weighted by molar-refractivity contribution is 5.91. The van der Waals surface area contributed by atoms with E-state index < -0.39 is 0 Å². The van der Waals surface area contributed by atoms with Gasteiger partial charge in [0.25, 0.3) is 5.91 Å². The Labute approximate surface area is 129 Å². The molecule has 0 radical (unpaired) electrons. The number of carbonyl (C=O) groups excluding carboxylic acids is 1. The van der Waals surface area contributed by atoms with Crippen molar-refractivity contribution in [2.75, 3.05) is 12.4 Å². The number of halogens is 1. The molecule has 0 atom stereocenters. The Kier molecular flexibility index (Phi) is 5.99. The largest absolute Gasteiger partial charge is 1.00 e. The fourth-order valence-corrected chi connectivity index (χ4v) is 1.89. The summed E-state index contributed by atoms with van der Waals surface area (Å²) in [5.41, 5.74) is 1.15. The Morgan fingerprint density at radius 3 is 2.57 bits per heavy atom. The van der Waals surface area contributed by atoms with E-state index in [1.807, 2.05) is 25.1 Å². The van der Waals surface area contributed by atoms with E-state index in [0.29, 0.717) is 11.4 Å². The summed E-state index contributed by atoms with van der Waals surface area (Å²) in [4.78, 5) is 11.9. The summed E-state index contributed by atoms with van der Waals surface area (Å²) in [6.45, 7) is 2.00. The minimum Gasteiger partial charge on any atom is -1.00 e. The Balaban J connectivity index is 0.00000220. The molecule has 6 heteroatoms. The fourth-order valence-electron chi connectivity index (χ4n) is 1.89. The molecule has 2 aromatic rings. The van der Waals surface area contributed by atoms with Crippen LogP contribution in [0.5, 0.6) is 11.5 Å². The molecular formula is C15H17ClN2O3. The smallest absolute Gasteiger partial charge is 0.290 e. The van der Waals surface area contributed by atoms with E-state index >= 15 is 0 Å². The highest BCUT2D eigenvalue weighted by atomic mass is 35.5. The van der Waals surface area contributed by atoms with Crippen LogP contribution in [0.4, 0.5) is 5.69 Å². The van der Waals surface area contributed by atoms with Gasteiger partial charge in [-0.1, -0.05) is 6.07 Å². The van der Waals surface area contributed by atoms with Gasteiger partial charge in [-0.25, -0.2) is 0 Å². The van der Waals surface area contributed by atoms with Crippen molar-refractivity contribution >= 4 is 11.6 Å². The van der Waals surface area contributed by atoms with Gasteiger partial charge in [0.15, 0.2) is 12.4 Å². The van der Waals surface area contributed by atoms with Crippen molar-refractivity contribution in [2.45, 2.75) is 13.5 Å². The number of pyridine rings is 1. The molecule has 1 aromatic heterocycles. The highest BCUT2D eigenvalue weighted by Gasteiger charge is 2.13. The first-order valence-electron chi connectivity index (χ1n) is 6.21. The molecule has 0 saturated carbocycles. The number of aryl methyl sites for hydroxylation is 1. The Bertz CT molecular complexity index is 618.